The van der Waals surface area contributed by atoms with Crippen molar-refractivity contribution in [3.8, 4) is 11.4 Å². The normalized spacial score (nSPS) is 18.5. The van der Waals surface area contributed by atoms with E-state index < -0.39 is 0 Å². The number of piperazine rings is 1. The fraction of sp³-hybridized carbons (Fsp3) is 0.455. The lowest BCUT2D eigenvalue weighted by molar-refractivity contribution is 0.467. The quantitative estimate of drug-likeness (QED) is 0.543. The van der Waals surface area contributed by atoms with Gasteiger partial charge in [0.25, 0.3) is 0 Å². The molecule has 0 atom stereocenters. The standard InChI is InChI=1S/C22H26N8/c1-2-4-17(3-1)30-14-16-11-15-12-25-22(27-20(15)21(16)28-30)26-19-6-5-18(13-24-19)29-9-7-23-8-10-29/h5-6,12-14,17,23H,1-4,7-11H2,(H,24,25,26,27). The molecular weight excluding hydrogens is 376 g/mol. The monoisotopic (exact) mass is 402 g/mol. The maximum atomic E-state index is 4.90. The zero-order chi connectivity index (χ0) is 19.9. The van der Waals surface area contributed by atoms with Crippen molar-refractivity contribution in [1.82, 2.24) is 30.0 Å². The van der Waals surface area contributed by atoms with Crippen LogP contribution >= 0.6 is 0 Å². The Balaban J connectivity index is 1.21. The predicted octanol–water partition coefficient (Wildman–Crippen LogP) is 2.91. The molecule has 2 N–H and O–H groups in total. The molecule has 6 rings (SSSR count). The second-order valence-corrected chi connectivity index (χ2v) is 8.43. The van der Waals surface area contributed by atoms with Crippen LogP contribution in [0.25, 0.3) is 11.4 Å². The van der Waals surface area contributed by atoms with Crippen LogP contribution in [0.3, 0.4) is 0 Å². The summed E-state index contributed by atoms with van der Waals surface area (Å²) in [6, 6.07) is 4.65. The molecule has 3 aromatic rings. The van der Waals surface area contributed by atoms with E-state index in [1.807, 2.05) is 18.5 Å². The molecule has 0 amide bonds. The molecule has 1 aliphatic heterocycles. The average molecular weight is 403 g/mol. The third-order valence-corrected chi connectivity index (χ3v) is 6.45. The smallest absolute Gasteiger partial charge is 0.228 e. The van der Waals surface area contributed by atoms with Gasteiger partial charge in [0.05, 0.1) is 23.6 Å². The Morgan fingerprint density at radius 3 is 2.63 bits per heavy atom. The highest BCUT2D eigenvalue weighted by Crippen LogP contribution is 2.37. The van der Waals surface area contributed by atoms with E-state index in [1.165, 1.54) is 31.2 Å². The second kappa shape index (κ2) is 7.36. The molecule has 4 heterocycles. The summed E-state index contributed by atoms with van der Waals surface area (Å²) < 4.78 is 2.17. The Morgan fingerprint density at radius 2 is 1.83 bits per heavy atom. The number of hydrogen-bond acceptors (Lipinski definition) is 7. The fourth-order valence-electron chi connectivity index (χ4n) is 4.81. The van der Waals surface area contributed by atoms with E-state index >= 15 is 0 Å². The van der Waals surface area contributed by atoms with Crippen LogP contribution in [0.5, 0.6) is 0 Å². The first kappa shape index (κ1) is 17.8. The Morgan fingerprint density at radius 1 is 0.967 bits per heavy atom. The number of anilines is 3. The molecule has 1 saturated heterocycles. The van der Waals surface area contributed by atoms with Crippen molar-refractivity contribution in [2.75, 3.05) is 36.4 Å². The minimum absolute atomic E-state index is 0.553. The zero-order valence-electron chi connectivity index (χ0n) is 17.0. The van der Waals surface area contributed by atoms with Gasteiger partial charge in [-0.3, -0.25) is 4.68 Å². The highest BCUT2D eigenvalue weighted by Gasteiger charge is 2.27. The molecule has 0 unspecified atom stereocenters. The Labute approximate surface area is 175 Å². The minimum Gasteiger partial charge on any atom is -0.368 e. The van der Waals surface area contributed by atoms with Gasteiger partial charge in [0.15, 0.2) is 0 Å². The van der Waals surface area contributed by atoms with E-state index in [9.17, 15) is 0 Å². The maximum absolute atomic E-state index is 4.90. The lowest BCUT2D eigenvalue weighted by atomic mass is 10.2. The van der Waals surface area contributed by atoms with Crippen molar-refractivity contribution in [3.05, 3.63) is 41.9 Å². The van der Waals surface area contributed by atoms with Gasteiger partial charge >= 0.3 is 0 Å². The van der Waals surface area contributed by atoms with Crippen LogP contribution in [0.1, 0.15) is 42.9 Å². The van der Waals surface area contributed by atoms with Crippen LogP contribution in [0.15, 0.2) is 30.7 Å². The van der Waals surface area contributed by atoms with Gasteiger partial charge in [0, 0.05) is 56.1 Å². The SMILES string of the molecule is c1cc(Nc2ncc3c(n2)-c2nn(C4CCCC4)cc2C3)ncc1N1CCNCC1. The molecule has 2 fully saturated rings. The Hall–Kier alpha value is -3.00. The van der Waals surface area contributed by atoms with Crippen LogP contribution in [0.2, 0.25) is 0 Å². The highest BCUT2D eigenvalue weighted by atomic mass is 15.3. The molecule has 8 heteroatoms. The van der Waals surface area contributed by atoms with E-state index in [0.717, 1.165) is 61.1 Å². The molecule has 0 radical (unpaired) electrons. The van der Waals surface area contributed by atoms with E-state index in [1.54, 1.807) is 0 Å². The van der Waals surface area contributed by atoms with Gasteiger partial charge in [-0.15, -0.1) is 0 Å². The molecule has 0 spiro atoms. The van der Waals surface area contributed by atoms with Gasteiger partial charge in [0.1, 0.15) is 11.5 Å². The van der Waals surface area contributed by atoms with Gasteiger partial charge in [-0.05, 0) is 25.0 Å². The van der Waals surface area contributed by atoms with E-state index in [4.69, 9.17) is 10.1 Å². The summed E-state index contributed by atoms with van der Waals surface area (Å²) in [5.41, 5.74) is 5.54. The van der Waals surface area contributed by atoms with Crippen molar-refractivity contribution in [2.24, 2.45) is 0 Å². The molecule has 30 heavy (non-hydrogen) atoms. The van der Waals surface area contributed by atoms with Crippen LogP contribution in [0.4, 0.5) is 17.5 Å². The number of rotatable bonds is 4. The summed E-state index contributed by atoms with van der Waals surface area (Å²) in [4.78, 5) is 16.2. The Kier molecular flexibility index (Phi) is 4.37. The van der Waals surface area contributed by atoms with Crippen molar-refractivity contribution in [1.29, 1.82) is 0 Å². The van der Waals surface area contributed by atoms with Crippen LogP contribution in [-0.4, -0.2) is 50.9 Å². The molecule has 1 saturated carbocycles. The molecule has 2 aliphatic carbocycles. The van der Waals surface area contributed by atoms with E-state index in [0.29, 0.717) is 12.0 Å². The molecule has 154 valence electrons. The van der Waals surface area contributed by atoms with Gasteiger partial charge in [-0.25, -0.2) is 15.0 Å². The Bertz CT molecular complexity index is 1050. The first-order valence-corrected chi connectivity index (χ1v) is 11.0. The third kappa shape index (κ3) is 3.21. The van der Waals surface area contributed by atoms with Gasteiger partial charge < -0.3 is 15.5 Å². The summed E-state index contributed by atoms with van der Waals surface area (Å²) in [5.74, 6) is 1.32. The summed E-state index contributed by atoms with van der Waals surface area (Å²) in [5, 5.41) is 11.5. The van der Waals surface area contributed by atoms with Crippen LogP contribution in [0, 0.1) is 0 Å². The first-order chi connectivity index (χ1) is 14.8. The topological polar surface area (TPSA) is 83.8 Å². The molecule has 8 nitrogen and oxygen atoms in total. The zero-order valence-corrected chi connectivity index (χ0v) is 17.0. The minimum atomic E-state index is 0.553. The number of nitrogens with one attached hydrogen (secondary N) is 2. The fourth-order valence-corrected chi connectivity index (χ4v) is 4.81. The number of hydrogen-bond donors (Lipinski definition) is 2. The predicted molar refractivity (Wildman–Crippen MR) is 116 cm³/mol. The number of nitrogens with zero attached hydrogens (tertiary/aromatic N) is 6. The highest BCUT2D eigenvalue weighted by molar-refractivity contribution is 5.70. The lowest BCUT2D eigenvalue weighted by Crippen LogP contribution is -2.43. The lowest BCUT2D eigenvalue weighted by Gasteiger charge is -2.29. The van der Waals surface area contributed by atoms with Crippen molar-refractivity contribution in [3.63, 3.8) is 0 Å². The summed E-state index contributed by atoms with van der Waals surface area (Å²) in [7, 11) is 0. The van der Waals surface area contributed by atoms with Crippen LogP contribution < -0.4 is 15.5 Å². The summed E-state index contributed by atoms with van der Waals surface area (Å²) in [6.45, 7) is 4.05. The van der Waals surface area contributed by atoms with Crippen molar-refractivity contribution >= 4 is 17.5 Å². The molecular formula is C22H26N8. The molecule has 3 aliphatic rings. The number of fused-ring (bicyclic) bond motifs is 3. The van der Waals surface area contributed by atoms with Crippen molar-refractivity contribution < 1.29 is 0 Å². The molecule has 0 bridgehead atoms. The van der Waals surface area contributed by atoms with Gasteiger partial charge in [-0.2, -0.15) is 5.10 Å². The van der Waals surface area contributed by atoms with E-state index in [2.05, 4.69) is 42.4 Å². The largest absolute Gasteiger partial charge is 0.368 e. The van der Waals surface area contributed by atoms with Crippen molar-refractivity contribution in [2.45, 2.75) is 38.1 Å². The van der Waals surface area contributed by atoms with Gasteiger partial charge in [-0.1, -0.05) is 12.8 Å². The maximum Gasteiger partial charge on any atom is 0.228 e. The second-order valence-electron chi connectivity index (χ2n) is 8.43. The summed E-state index contributed by atoms with van der Waals surface area (Å²) in [6.07, 6.45) is 12.0. The van der Waals surface area contributed by atoms with E-state index in [-0.39, 0.29) is 0 Å². The van der Waals surface area contributed by atoms with Crippen LogP contribution in [-0.2, 0) is 6.42 Å². The first-order valence-electron chi connectivity index (χ1n) is 11.0. The molecule has 0 aromatic carbocycles. The third-order valence-electron chi connectivity index (χ3n) is 6.45. The average Bonchev–Trinajstić information content (AvgIpc) is 3.51. The number of pyridine rings is 1. The molecule has 3 aromatic heterocycles. The number of aromatic nitrogens is 5. The summed E-state index contributed by atoms with van der Waals surface area (Å²) >= 11 is 0. The van der Waals surface area contributed by atoms with Gasteiger partial charge in [0.2, 0.25) is 5.95 Å².